The van der Waals surface area contributed by atoms with Gasteiger partial charge in [-0.1, -0.05) is 0 Å². The van der Waals surface area contributed by atoms with Gasteiger partial charge in [-0.25, -0.2) is 4.79 Å². The van der Waals surface area contributed by atoms with E-state index in [-0.39, 0.29) is 24.2 Å². The first kappa shape index (κ1) is 26.2. The van der Waals surface area contributed by atoms with Crippen molar-refractivity contribution >= 4 is 17.7 Å². The molecule has 3 rings (SSSR count). The van der Waals surface area contributed by atoms with Crippen LogP contribution < -0.4 is 5.56 Å². The lowest BCUT2D eigenvalue weighted by molar-refractivity contribution is -0.142. The van der Waals surface area contributed by atoms with E-state index in [1.165, 1.54) is 7.11 Å². The number of nitriles is 1. The van der Waals surface area contributed by atoms with Crippen LogP contribution in [-0.4, -0.2) is 41.0 Å². The van der Waals surface area contributed by atoms with Gasteiger partial charge >= 0.3 is 11.9 Å². The first-order valence-corrected chi connectivity index (χ1v) is 11.3. The Morgan fingerprint density at radius 1 is 1.08 bits per heavy atom. The first-order valence-electron chi connectivity index (χ1n) is 11.3. The summed E-state index contributed by atoms with van der Waals surface area (Å²) in [7, 11) is 1.32. The highest BCUT2D eigenvalue weighted by atomic mass is 16.5. The van der Waals surface area contributed by atoms with Crippen molar-refractivity contribution in [1.82, 2.24) is 9.55 Å². The zero-order chi connectivity index (χ0) is 26.6. The Morgan fingerprint density at radius 3 is 2.36 bits per heavy atom. The highest BCUT2D eigenvalue weighted by Crippen LogP contribution is 2.22. The molecule has 0 radical (unpaired) electrons. The number of H-pyrrole nitrogens is 1. The second kappa shape index (κ2) is 10.9. The Bertz CT molecular complexity index is 1440. The van der Waals surface area contributed by atoms with Crippen molar-refractivity contribution in [2.24, 2.45) is 0 Å². The number of hydrogen-bond acceptors (Lipinski definition) is 7. The summed E-state index contributed by atoms with van der Waals surface area (Å²) in [6.07, 6.45) is 0.268. The monoisotopic (exact) mass is 489 g/mol. The molecular formula is C27H27N3O6. The van der Waals surface area contributed by atoms with Gasteiger partial charge < -0.3 is 19.0 Å². The van der Waals surface area contributed by atoms with Crippen molar-refractivity contribution in [1.29, 1.82) is 5.26 Å². The number of aryl methyl sites for hydroxylation is 2. The average molecular weight is 490 g/mol. The minimum atomic E-state index is -0.556. The van der Waals surface area contributed by atoms with Gasteiger partial charge in [-0.3, -0.25) is 14.4 Å². The van der Waals surface area contributed by atoms with Crippen molar-refractivity contribution < 1.29 is 23.9 Å². The van der Waals surface area contributed by atoms with E-state index in [2.05, 4.69) is 4.98 Å². The Hall–Kier alpha value is -4.45. The number of aromatic nitrogens is 2. The number of Topliss-reactive ketones (excluding diaryl/α,β-unsaturated/α-hetero) is 1. The number of ketones is 1. The summed E-state index contributed by atoms with van der Waals surface area (Å²) in [5, 5.41) is 9.19. The summed E-state index contributed by atoms with van der Waals surface area (Å²) in [6.45, 7) is 6.62. The number of carbonyl (C=O) groups excluding carboxylic acids is 3. The maximum atomic E-state index is 12.8. The van der Waals surface area contributed by atoms with Gasteiger partial charge in [-0.2, -0.15) is 5.26 Å². The van der Waals surface area contributed by atoms with Gasteiger partial charge in [0.1, 0.15) is 11.6 Å². The van der Waals surface area contributed by atoms with Crippen molar-refractivity contribution in [3.05, 3.63) is 85.6 Å². The van der Waals surface area contributed by atoms with Crippen LogP contribution in [0.25, 0.3) is 5.69 Å². The van der Waals surface area contributed by atoms with E-state index in [4.69, 9.17) is 9.47 Å². The molecule has 0 spiro atoms. The first-order chi connectivity index (χ1) is 17.1. The zero-order valence-corrected chi connectivity index (χ0v) is 20.9. The van der Waals surface area contributed by atoms with Crippen LogP contribution in [-0.2, 0) is 20.7 Å². The molecule has 2 heterocycles. The quantitative estimate of drug-likeness (QED) is 0.379. The van der Waals surface area contributed by atoms with Crippen molar-refractivity contribution in [2.45, 2.75) is 40.5 Å². The Kier molecular flexibility index (Phi) is 7.90. The van der Waals surface area contributed by atoms with Gasteiger partial charge in [-0.15, -0.1) is 0 Å². The van der Waals surface area contributed by atoms with Gasteiger partial charge in [-0.05, 0) is 75.6 Å². The van der Waals surface area contributed by atoms with Crippen molar-refractivity contribution in [3.63, 3.8) is 0 Å². The predicted molar refractivity (Wildman–Crippen MR) is 131 cm³/mol. The van der Waals surface area contributed by atoms with E-state index < -0.39 is 24.1 Å². The van der Waals surface area contributed by atoms with Crippen LogP contribution in [0.5, 0.6) is 0 Å². The van der Waals surface area contributed by atoms with Crippen LogP contribution in [0.3, 0.4) is 0 Å². The maximum Gasteiger partial charge on any atom is 0.337 e. The Labute approximate surface area is 208 Å². The van der Waals surface area contributed by atoms with E-state index in [1.54, 1.807) is 51.1 Å². The molecule has 3 aromatic rings. The molecule has 0 aliphatic rings. The highest BCUT2D eigenvalue weighted by Gasteiger charge is 2.19. The number of nitrogens with one attached hydrogen (secondary N) is 1. The smallest absolute Gasteiger partial charge is 0.337 e. The molecule has 0 fully saturated rings. The van der Waals surface area contributed by atoms with Crippen LogP contribution in [0.2, 0.25) is 0 Å². The van der Waals surface area contributed by atoms with Gasteiger partial charge in [0, 0.05) is 34.8 Å². The van der Waals surface area contributed by atoms with Crippen LogP contribution >= 0.6 is 0 Å². The normalized spacial score (nSPS) is 10.6. The third-order valence-electron chi connectivity index (χ3n) is 6.14. The SMILES string of the molecule is COC(=O)c1ccc(-n2c(C)cc(C(=O)COC(=O)CCc3c(C)[nH]c(=O)c(C#N)c3C)c2C)cc1. The predicted octanol–water partition coefficient (Wildman–Crippen LogP) is 3.42. The molecule has 0 unspecified atom stereocenters. The number of methoxy groups -OCH3 is 1. The third-order valence-corrected chi connectivity index (χ3v) is 6.14. The fraction of sp³-hybridized carbons (Fsp3) is 0.296. The summed E-state index contributed by atoms with van der Waals surface area (Å²) < 4.78 is 11.8. The fourth-order valence-corrected chi connectivity index (χ4v) is 4.25. The number of nitrogens with zero attached hydrogens (tertiary/aromatic N) is 2. The number of pyridine rings is 1. The van der Waals surface area contributed by atoms with Crippen molar-refractivity contribution in [2.75, 3.05) is 13.7 Å². The topological polar surface area (TPSA) is 131 Å². The number of aromatic amines is 1. The number of carbonyl (C=O) groups is 3. The van der Waals surface area contributed by atoms with Gasteiger partial charge in [0.2, 0.25) is 5.78 Å². The summed E-state index contributed by atoms with van der Waals surface area (Å²) >= 11 is 0. The van der Waals surface area contributed by atoms with Gasteiger partial charge in [0.15, 0.2) is 6.61 Å². The van der Waals surface area contributed by atoms with E-state index in [9.17, 15) is 24.4 Å². The molecule has 2 aromatic heterocycles. The molecule has 0 aliphatic heterocycles. The molecule has 9 nitrogen and oxygen atoms in total. The number of rotatable bonds is 8. The van der Waals surface area contributed by atoms with Crippen molar-refractivity contribution in [3.8, 4) is 11.8 Å². The average Bonchev–Trinajstić information content (AvgIpc) is 3.15. The molecule has 1 aromatic carbocycles. The number of benzene rings is 1. The second-order valence-corrected chi connectivity index (χ2v) is 8.41. The number of ether oxygens (including phenoxy) is 2. The minimum absolute atomic E-state index is 0.00254. The molecule has 0 saturated heterocycles. The highest BCUT2D eigenvalue weighted by molar-refractivity contribution is 5.99. The van der Waals surface area contributed by atoms with E-state index >= 15 is 0 Å². The van der Waals surface area contributed by atoms with Crippen LogP contribution in [0.1, 0.15) is 60.9 Å². The molecule has 36 heavy (non-hydrogen) atoms. The van der Waals surface area contributed by atoms with E-state index in [0.29, 0.717) is 33.6 Å². The summed E-state index contributed by atoms with van der Waals surface area (Å²) in [4.78, 5) is 51.3. The second-order valence-electron chi connectivity index (χ2n) is 8.41. The van der Waals surface area contributed by atoms with E-state index in [0.717, 1.165) is 11.4 Å². The van der Waals surface area contributed by atoms with Crippen LogP contribution in [0, 0.1) is 39.0 Å². The molecule has 9 heteroatoms. The summed E-state index contributed by atoms with van der Waals surface area (Å²) in [5.74, 6) is -1.33. The minimum Gasteiger partial charge on any atom is -0.465 e. The zero-order valence-electron chi connectivity index (χ0n) is 20.9. The lowest BCUT2D eigenvalue weighted by Crippen LogP contribution is -2.18. The fourth-order valence-electron chi connectivity index (χ4n) is 4.25. The Morgan fingerprint density at radius 2 is 1.75 bits per heavy atom. The standard InChI is InChI=1S/C27H27N3O6/c1-15-12-22(18(4)30(15)20-8-6-19(7-9-20)27(34)35-5)24(31)14-36-25(32)11-10-21-16(2)23(13-28)26(33)29-17(21)3/h6-9,12H,10-11,14H2,1-5H3,(H,29,33). The molecule has 0 saturated carbocycles. The Balaban J connectivity index is 1.67. The molecule has 0 aliphatic carbocycles. The maximum absolute atomic E-state index is 12.8. The summed E-state index contributed by atoms with van der Waals surface area (Å²) in [6, 6.07) is 10.4. The number of esters is 2. The van der Waals surface area contributed by atoms with Crippen LogP contribution in [0.15, 0.2) is 35.1 Å². The molecule has 186 valence electrons. The molecule has 1 N–H and O–H groups in total. The van der Waals surface area contributed by atoms with Gasteiger partial charge in [0.25, 0.3) is 5.56 Å². The number of hydrogen-bond donors (Lipinski definition) is 1. The molecule has 0 bridgehead atoms. The summed E-state index contributed by atoms with van der Waals surface area (Å²) in [5.41, 5.74) is 4.52. The van der Waals surface area contributed by atoms with E-state index in [1.807, 2.05) is 17.6 Å². The molecular weight excluding hydrogens is 462 g/mol. The molecule has 0 atom stereocenters. The third kappa shape index (κ3) is 5.28. The van der Waals surface area contributed by atoms with Crippen LogP contribution in [0.4, 0.5) is 0 Å². The lowest BCUT2D eigenvalue weighted by atomic mass is 9.99. The largest absolute Gasteiger partial charge is 0.465 e. The van der Waals surface area contributed by atoms with Gasteiger partial charge in [0.05, 0.1) is 12.7 Å². The lowest BCUT2D eigenvalue weighted by Gasteiger charge is -2.11. The molecule has 0 amide bonds.